The van der Waals surface area contributed by atoms with Crippen LogP contribution < -0.4 is 10.6 Å². The molecule has 24 heavy (non-hydrogen) atoms. The van der Waals surface area contributed by atoms with Gasteiger partial charge in [0.1, 0.15) is 12.5 Å². The Morgan fingerprint density at radius 2 is 1.92 bits per heavy atom. The Bertz CT molecular complexity index is 748. The number of likely N-dealkylation sites (tertiary alicyclic amines) is 1. The average molecular weight is 338 g/mol. The molecule has 2 heterocycles. The fraction of sp³-hybridized carbons (Fsp3) is 0.389. The molecule has 0 amide bonds. The van der Waals surface area contributed by atoms with Gasteiger partial charge in [0, 0.05) is 23.8 Å². The molecule has 0 radical (unpaired) electrons. The zero-order chi connectivity index (χ0) is 17.2. The number of nitrogens with two attached hydrogens (primary N) is 1. The molecule has 2 aliphatic rings. The van der Waals surface area contributed by atoms with E-state index in [0.29, 0.717) is 10.6 Å². The number of thioether (sulfide) groups is 1. The number of quaternary nitrogens is 1. The van der Waals surface area contributed by atoms with Crippen molar-refractivity contribution in [2.45, 2.75) is 19.4 Å². The lowest BCUT2D eigenvalue weighted by Crippen LogP contribution is -3.12. The summed E-state index contributed by atoms with van der Waals surface area (Å²) in [6.45, 7) is 2.70. The van der Waals surface area contributed by atoms with Crippen molar-refractivity contribution in [3.8, 4) is 12.1 Å². The minimum Gasteiger partial charge on any atom is -0.392 e. The Labute approximate surface area is 146 Å². The van der Waals surface area contributed by atoms with Gasteiger partial charge in [-0.05, 0) is 0 Å². The van der Waals surface area contributed by atoms with Crippen molar-refractivity contribution in [1.29, 1.82) is 15.9 Å². The maximum absolute atomic E-state index is 9.60. The molecule has 1 atom stereocenters. The summed E-state index contributed by atoms with van der Waals surface area (Å²) in [7, 11) is 0. The third-order valence-electron chi connectivity index (χ3n) is 5.17. The second kappa shape index (κ2) is 6.68. The van der Waals surface area contributed by atoms with E-state index in [0.717, 1.165) is 44.2 Å². The standard InChI is InChI=1S/C18H19N5S/c19-10-14-16(21)24-17(22)15(11-20)18(14)6-8-23(9-7-18)12-13-4-2-1-3-5-13/h1-5,14,21H,6-9,12,22H2/p+1/t14-/m0/s1. The third kappa shape index (κ3) is 2.80. The van der Waals surface area contributed by atoms with E-state index in [4.69, 9.17) is 11.1 Å². The number of nitriles is 2. The zero-order valence-electron chi connectivity index (χ0n) is 13.4. The van der Waals surface area contributed by atoms with Crippen LogP contribution in [0.2, 0.25) is 0 Å². The summed E-state index contributed by atoms with van der Waals surface area (Å²) >= 11 is 1.07. The second-order valence-electron chi connectivity index (χ2n) is 6.45. The van der Waals surface area contributed by atoms with Gasteiger partial charge in [-0.15, -0.1) is 0 Å². The lowest BCUT2D eigenvalue weighted by molar-refractivity contribution is -0.921. The number of benzene rings is 1. The van der Waals surface area contributed by atoms with Crippen LogP contribution in [0.1, 0.15) is 18.4 Å². The lowest BCUT2D eigenvalue weighted by Gasteiger charge is -2.44. The predicted octanol–water partition coefficient (Wildman–Crippen LogP) is 1.41. The number of allylic oxidation sites excluding steroid dienone is 1. The molecule has 1 aromatic rings. The number of rotatable bonds is 2. The number of hydrogen-bond donors (Lipinski definition) is 3. The molecule has 0 saturated carbocycles. The van der Waals surface area contributed by atoms with Crippen molar-refractivity contribution in [3.05, 3.63) is 46.5 Å². The molecule has 0 bridgehead atoms. The average Bonchev–Trinajstić information content (AvgIpc) is 2.58. The first kappa shape index (κ1) is 16.6. The van der Waals surface area contributed by atoms with E-state index in [1.54, 1.807) is 0 Å². The quantitative estimate of drug-likeness (QED) is 0.759. The van der Waals surface area contributed by atoms with E-state index >= 15 is 0 Å². The first-order valence-electron chi connectivity index (χ1n) is 8.04. The van der Waals surface area contributed by atoms with E-state index in [2.05, 4.69) is 24.3 Å². The molecule has 0 aromatic heterocycles. The monoisotopic (exact) mass is 338 g/mol. The molecule has 5 nitrogen and oxygen atoms in total. The van der Waals surface area contributed by atoms with Gasteiger partial charge in [-0.25, -0.2) is 0 Å². The molecule has 1 fully saturated rings. The second-order valence-corrected chi connectivity index (χ2v) is 7.53. The Balaban J connectivity index is 1.82. The van der Waals surface area contributed by atoms with Gasteiger partial charge < -0.3 is 10.6 Å². The highest BCUT2D eigenvalue weighted by Crippen LogP contribution is 2.50. The lowest BCUT2D eigenvalue weighted by atomic mass is 9.64. The smallest absolute Gasteiger partial charge is 0.105 e. The molecule has 1 aromatic carbocycles. The molecule has 1 spiro atoms. The number of nitrogens with one attached hydrogen (secondary N) is 2. The summed E-state index contributed by atoms with van der Waals surface area (Å²) < 4.78 is 0. The predicted molar refractivity (Wildman–Crippen MR) is 93.8 cm³/mol. The summed E-state index contributed by atoms with van der Waals surface area (Å²) in [5.74, 6) is -0.553. The SMILES string of the molecule is N#CC1=C(N)SC(=N)[C@H](C#N)C12CC[NH+](Cc1ccccc1)CC2. The number of piperidine rings is 1. The van der Waals surface area contributed by atoms with Crippen LogP contribution in [0.5, 0.6) is 0 Å². The summed E-state index contributed by atoms with van der Waals surface area (Å²) in [5, 5.41) is 28.0. The fourth-order valence-electron chi connectivity index (χ4n) is 3.87. The summed E-state index contributed by atoms with van der Waals surface area (Å²) in [4.78, 5) is 1.45. The van der Waals surface area contributed by atoms with Gasteiger partial charge in [0.15, 0.2) is 0 Å². The summed E-state index contributed by atoms with van der Waals surface area (Å²) in [6.07, 6.45) is 1.44. The molecule has 4 N–H and O–H groups in total. The van der Waals surface area contributed by atoms with Crippen LogP contribution in [0.4, 0.5) is 0 Å². The summed E-state index contributed by atoms with van der Waals surface area (Å²) in [5.41, 5.74) is 7.27. The van der Waals surface area contributed by atoms with Crippen molar-refractivity contribution in [2.75, 3.05) is 13.1 Å². The van der Waals surface area contributed by atoms with Gasteiger partial charge in [0.25, 0.3) is 0 Å². The van der Waals surface area contributed by atoms with Crippen LogP contribution in [0.25, 0.3) is 0 Å². The fourth-order valence-corrected chi connectivity index (χ4v) is 4.85. The van der Waals surface area contributed by atoms with Crippen LogP contribution in [0.3, 0.4) is 0 Å². The molecule has 6 heteroatoms. The van der Waals surface area contributed by atoms with E-state index in [1.165, 1.54) is 10.5 Å². The number of hydrogen-bond acceptors (Lipinski definition) is 5. The third-order valence-corrected chi connectivity index (χ3v) is 6.05. The molecule has 2 aliphatic heterocycles. The summed E-state index contributed by atoms with van der Waals surface area (Å²) in [6, 6.07) is 14.9. The van der Waals surface area contributed by atoms with E-state index in [9.17, 15) is 10.5 Å². The molecule has 122 valence electrons. The van der Waals surface area contributed by atoms with Crippen molar-refractivity contribution < 1.29 is 4.90 Å². The Kier molecular flexibility index (Phi) is 4.62. The molecular formula is C18H20N5S+. The Hall–Kier alpha value is -2.28. The van der Waals surface area contributed by atoms with Gasteiger partial charge in [0.05, 0.1) is 40.9 Å². The van der Waals surface area contributed by atoms with Crippen LogP contribution in [0.15, 0.2) is 40.9 Å². The molecule has 1 saturated heterocycles. The van der Waals surface area contributed by atoms with Crippen LogP contribution in [-0.2, 0) is 6.54 Å². The molecule has 0 unspecified atom stereocenters. The zero-order valence-corrected chi connectivity index (χ0v) is 14.2. The van der Waals surface area contributed by atoms with E-state index in [1.807, 2.05) is 18.2 Å². The van der Waals surface area contributed by atoms with Gasteiger partial charge >= 0.3 is 0 Å². The van der Waals surface area contributed by atoms with Gasteiger partial charge in [0.2, 0.25) is 0 Å². The van der Waals surface area contributed by atoms with Gasteiger partial charge in [-0.1, -0.05) is 42.1 Å². The Morgan fingerprint density at radius 3 is 2.50 bits per heavy atom. The van der Waals surface area contributed by atoms with Gasteiger partial charge in [-0.2, -0.15) is 10.5 Å². The van der Waals surface area contributed by atoms with Crippen molar-refractivity contribution in [1.82, 2.24) is 0 Å². The van der Waals surface area contributed by atoms with Crippen molar-refractivity contribution in [3.63, 3.8) is 0 Å². The largest absolute Gasteiger partial charge is 0.392 e. The molecule has 3 rings (SSSR count). The highest BCUT2D eigenvalue weighted by atomic mass is 32.2. The maximum atomic E-state index is 9.60. The molecule has 0 aliphatic carbocycles. The first-order chi connectivity index (χ1) is 11.6. The van der Waals surface area contributed by atoms with E-state index < -0.39 is 11.3 Å². The number of nitrogens with zero attached hydrogens (tertiary/aromatic N) is 2. The van der Waals surface area contributed by atoms with Crippen molar-refractivity contribution >= 4 is 16.8 Å². The minimum atomic E-state index is -0.573. The highest BCUT2D eigenvalue weighted by Gasteiger charge is 2.52. The van der Waals surface area contributed by atoms with Crippen LogP contribution in [-0.4, -0.2) is 18.1 Å². The van der Waals surface area contributed by atoms with Gasteiger partial charge in [-0.3, -0.25) is 5.41 Å². The van der Waals surface area contributed by atoms with Crippen LogP contribution in [0, 0.1) is 39.4 Å². The van der Waals surface area contributed by atoms with Crippen LogP contribution >= 0.6 is 11.8 Å². The Morgan fingerprint density at radius 1 is 1.25 bits per heavy atom. The van der Waals surface area contributed by atoms with Crippen molar-refractivity contribution in [2.24, 2.45) is 17.1 Å². The minimum absolute atomic E-state index is 0.278. The maximum Gasteiger partial charge on any atom is 0.105 e. The normalized spacial score (nSPS) is 30.0. The van der Waals surface area contributed by atoms with E-state index in [-0.39, 0.29) is 5.04 Å². The highest BCUT2D eigenvalue weighted by molar-refractivity contribution is 8.17. The topological polar surface area (TPSA) is 102 Å². The molecular weight excluding hydrogens is 318 g/mol. The first-order valence-corrected chi connectivity index (χ1v) is 8.86.